The molecule has 2 atom stereocenters. The number of carboxylic acid groups (broad SMARTS) is 1. The highest BCUT2D eigenvalue weighted by atomic mass is 16.5. The van der Waals surface area contributed by atoms with Gasteiger partial charge in [0, 0.05) is 6.04 Å². The van der Waals surface area contributed by atoms with E-state index in [0.29, 0.717) is 6.42 Å². The number of carboxylic acids is 1. The third-order valence-electron chi connectivity index (χ3n) is 2.65. The third-order valence-corrected chi connectivity index (χ3v) is 2.65. The number of alkyl carbamates (subject to hydrolysis) is 1. The number of aliphatic carboxylic acids is 1. The topological polar surface area (TPSA) is 102 Å². The Balaban J connectivity index is 2.47. The quantitative estimate of drug-likeness (QED) is 0.715. The molecular formula is C13H18N2O4. The monoisotopic (exact) mass is 266 g/mol. The average Bonchev–Trinajstić information content (AvgIpc) is 2.42. The molecule has 0 fully saturated rings. The number of nitrogens with one attached hydrogen (secondary N) is 1. The van der Waals surface area contributed by atoms with E-state index in [9.17, 15) is 9.59 Å². The molecule has 104 valence electrons. The molecule has 2 unspecified atom stereocenters. The van der Waals surface area contributed by atoms with Gasteiger partial charge in [-0.1, -0.05) is 37.3 Å². The number of rotatable bonds is 6. The first-order valence-corrected chi connectivity index (χ1v) is 6.00. The van der Waals surface area contributed by atoms with Gasteiger partial charge < -0.3 is 20.9 Å². The zero-order chi connectivity index (χ0) is 14.3. The zero-order valence-corrected chi connectivity index (χ0v) is 10.7. The van der Waals surface area contributed by atoms with Crippen molar-refractivity contribution in [3.05, 3.63) is 35.9 Å². The van der Waals surface area contributed by atoms with Crippen LogP contribution < -0.4 is 11.1 Å². The molecule has 0 aliphatic carbocycles. The predicted molar refractivity (Wildman–Crippen MR) is 69.5 cm³/mol. The number of amides is 1. The van der Waals surface area contributed by atoms with E-state index in [1.807, 2.05) is 18.2 Å². The van der Waals surface area contributed by atoms with Gasteiger partial charge in [-0.25, -0.2) is 9.59 Å². The van der Waals surface area contributed by atoms with Crippen LogP contribution in [-0.2, 0) is 16.1 Å². The van der Waals surface area contributed by atoms with Gasteiger partial charge in [-0.05, 0) is 12.0 Å². The van der Waals surface area contributed by atoms with Gasteiger partial charge in [0.05, 0.1) is 0 Å². The van der Waals surface area contributed by atoms with Gasteiger partial charge in [-0.2, -0.15) is 0 Å². The number of hydrogen-bond donors (Lipinski definition) is 3. The Bertz CT molecular complexity index is 422. The molecule has 1 aromatic carbocycles. The Kier molecular flexibility index (Phi) is 5.81. The number of nitrogens with two attached hydrogens (primary N) is 1. The molecule has 6 heteroatoms. The summed E-state index contributed by atoms with van der Waals surface area (Å²) in [5, 5.41) is 11.2. The summed E-state index contributed by atoms with van der Waals surface area (Å²) in [6, 6.07) is 7.31. The lowest BCUT2D eigenvalue weighted by Crippen LogP contribution is -2.52. The molecule has 4 N–H and O–H groups in total. The van der Waals surface area contributed by atoms with Gasteiger partial charge in [0.1, 0.15) is 12.6 Å². The summed E-state index contributed by atoms with van der Waals surface area (Å²) < 4.78 is 4.93. The summed E-state index contributed by atoms with van der Waals surface area (Å²) in [6.07, 6.45) is -0.351. The normalized spacial score (nSPS) is 13.4. The van der Waals surface area contributed by atoms with Crippen molar-refractivity contribution in [1.82, 2.24) is 5.32 Å². The van der Waals surface area contributed by atoms with Gasteiger partial charge >= 0.3 is 12.1 Å². The van der Waals surface area contributed by atoms with Crippen LogP contribution in [0.1, 0.15) is 18.9 Å². The molecule has 0 saturated carbocycles. The van der Waals surface area contributed by atoms with Gasteiger partial charge in [0.15, 0.2) is 0 Å². The minimum absolute atomic E-state index is 0.0837. The van der Waals surface area contributed by atoms with Crippen molar-refractivity contribution in [3.63, 3.8) is 0 Å². The third kappa shape index (κ3) is 4.97. The Labute approximate surface area is 111 Å². The van der Waals surface area contributed by atoms with Crippen molar-refractivity contribution in [2.45, 2.75) is 32.0 Å². The summed E-state index contributed by atoms with van der Waals surface area (Å²) in [5.74, 6) is -1.17. The van der Waals surface area contributed by atoms with Gasteiger partial charge in [0.25, 0.3) is 0 Å². The molecule has 0 spiro atoms. The Morgan fingerprint density at radius 2 is 2.00 bits per heavy atom. The number of hydrogen-bond acceptors (Lipinski definition) is 4. The lowest BCUT2D eigenvalue weighted by atomic mass is 10.1. The van der Waals surface area contributed by atoms with Crippen molar-refractivity contribution in [2.75, 3.05) is 0 Å². The average molecular weight is 266 g/mol. The van der Waals surface area contributed by atoms with Crippen LogP contribution in [0.3, 0.4) is 0 Å². The van der Waals surface area contributed by atoms with Crippen molar-refractivity contribution in [2.24, 2.45) is 5.73 Å². The number of carbonyl (C=O) groups is 2. The lowest BCUT2D eigenvalue weighted by molar-refractivity contribution is -0.139. The van der Waals surface area contributed by atoms with Crippen LogP contribution in [-0.4, -0.2) is 29.3 Å². The van der Waals surface area contributed by atoms with Crippen LogP contribution in [0.5, 0.6) is 0 Å². The summed E-state index contributed by atoms with van der Waals surface area (Å²) >= 11 is 0. The van der Waals surface area contributed by atoms with E-state index in [1.54, 1.807) is 19.1 Å². The Hall–Kier alpha value is -2.08. The minimum atomic E-state index is -1.17. The van der Waals surface area contributed by atoms with E-state index < -0.39 is 24.1 Å². The van der Waals surface area contributed by atoms with E-state index >= 15 is 0 Å². The highest BCUT2D eigenvalue weighted by Crippen LogP contribution is 2.02. The SMILES string of the molecule is CCC(N)C(NC(=O)OCc1ccccc1)C(=O)O. The lowest BCUT2D eigenvalue weighted by Gasteiger charge is -2.19. The molecule has 0 radical (unpaired) electrons. The summed E-state index contributed by atoms with van der Waals surface area (Å²) in [7, 11) is 0. The molecule has 0 saturated heterocycles. The zero-order valence-electron chi connectivity index (χ0n) is 10.7. The summed E-state index contributed by atoms with van der Waals surface area (Å²) in [4.78, 5) is 22.5. The van der Waals surface area contributed by atoms with Crippen LogP contribution >= 0.6 is 0 Å². The maximum absolute atomic E-state index is 11.5. The number of benzene rings is 1. The number of ether oxygens (including phenoxy) is 1. The molecule has 0 heterocycles. The Morgan fingerprint density at radius 3 is 2.53 bits per heavy atom. The van der Waals surface area contributed by atoms with Crippen molar-refractivity contribution in [1.29, 1.82) is 0 Å². The minimum Gasteiger partial charge on any atom is -0.480 e. The molecule has 0 bridgehead atoms. The number of carbonyl (C=O) groups excluding carboxylic acids is 1. The second-order valence-electron chi connectivity index (χ2n) is 4.09. The van der Waals surface area contributed by atoms with Crippen LogP contribution in [0, 0.1) is 0 Å². The first-order chi connectivity index (χ1) is 9.04. The summed E-state index contributed by atoms with van der Waals surface area (Å²) in [5.41, 5.74) is 6.45. The van der Waals surface area contributed by atoms with Crippen LogP contribution in [0.25, 0.3) is 0 Å². The van der Waals surface area contributed by atoms with Crippen LogP contribution in [0.15, 0.2) is 30.3 Å². The van der Waals surface area contributed by atoms with Gasteiger partial charge in [-0.3, -0.25) is 0 Å². The van der Waals surface area contributed by atoms with Crippen LogP contribution in [0.2, 0.25) is 0 Å². The Morgan fingerprint density at radius 1 is 1.37 bits per heavy atom. The maximum atomic E-state index is 11.5. The fourth-order valence-electron chi connectivity index (χ4n) is 1.48. The largest absolute Gasteiger partial charge is 0.480 e. The van der Waals surface area contributed by atoms with Crippen molar-refractivity contribution >= 4 is 12.1 Å². The molecule has 6 nitrogen and oxygen atoms in total. The first-order valence-electron chi connectivity index (χ1n) is 6.00. The van der Waals surface area contributed by atoms with E-state index in [1.165, 1.54) is 0 Å². The van der Waals surface area contributed by atoms with Crippen molar-refractivity contribution < 1.29 is 19.4 Å². The molecule has 19 heavy (non-hydrogen) atoms. The molecule has 1 aromatic rings. The van der Waals surface area contributed by atoms with Gasteiger partial charge in [-0.15, -0.1) is 0 Å². The maximum Gasteiger partial charge on any atom is 0.408 e. The standard InChI is InChI=1S/C13H18N2O4/c1-2-10(14)11(12(16)17)15-13(18)19-8-9-6-4-3-5-7-9/h3-7,10-11H,2,8,14H2,1H3,(H,15,18)(H,16,17). The fourth-order valence-corrected chi connectivity index (χ4v) is 1.48. The summed E-state index contributed by atoms with van der Waals surface area (Å²) in [6.45, 7) is 1.83. The van der Waals surface area contributed by atoms with Crippen LogP contribution in [0.4, 0.5) is 4.79 Å². The first kappa shape index (κ1) is 15.0. The molecular weight excluding hydrogens is 248 g/mol. The fraction of sp³-hybridized carbons (Fsp3) is 0.385. The van der Waals surface area contributed by atoms with Gasteiger partial charge in [0.2, 0.25) is 0 Å². The molecule has 0 aliphatic rings. The second-order valence-corrected chi connectivity index (χ2v) is 4.09. The van der Waals surface area contributed by atoms with E-state index in [-0.39, 0.29) is 6.61 Å². The van der Waals surface area contributed by atoms with E-state index in [0.717, 1.165) is 5.56 Å². The second kappa shape index (κ2) is 7.38. The van der Waals surface area contributed by atoms with Crippen molar-refractivity contribution in [3.8, 4) is 0 Å². The predicted octanol–water partition coefficient (Wildman–Crippen LogP) is 1.10. The highest BCUT2D eigenvalue weighted by molar-refractivity contribution is 5.80. The molecule has 0 aromatic heterocycles. The highest BCUT2D eigenvalue weighted by Gasteiger charge is 2.26. The molecule has 1 amide bonds. The molecule has 1 rings (SSSR count). The smallest absolute Gasteiger partial charge is 0.408 e. The van der Waals surface area contributed by atoms with E-state index in [4.69, 9.17) is 15.6 Å². The van der Waals surface area contributed by atoms with E-state index in [2.05, 4.69) is 5.32 Å². The molecule has 0 aliphatic heterocycles.